The minimum atomic E-state index is -0.888. The van der Waals surface area contributed by atoms with Gasteiger partial charge in [-0.1, -0.05) is 29.8 Å². The smallest absolute Gasteiger partial charge is 0.339 e. The Labute approximate surface area is 155 Å². The molecule has 0 amide bonds. The van der Waals surface area contributed by atoms with Crippen molar-refractivity contribution in [2.24, 2.45) is 0 Å². The minimum absolute atomic E-state index is 0.381. The van der Waals surface area contributed by atoms with E-state index in [0.29, 0.717) is 18.7 Å². The van der Waals surface area contributed by atoms with E-state index in [1.165, 1.54) is 11.3 Å². The molecule has 0 fully saturated rings. The average molecular weight is 375 g/mol. The predicted octanol–water partition coefficient (Wildman–Crippen LogP) is 4.80. The Morgan fingerprint density at radius 3 is 2.68 bits per heavy atom. The van der Waals surface area contributed by atoms with Crippen LogP contribution in [0.15, 0.2) is 42.6 Å². The Kier molecular flexibility index (Phi) is 5.27. The number of aryl methyl sites for hydroxylation is 1. The van der Waals surface area contributed by atoms with E-state index >= 15 is 0 Å². The number of nitrogens with zero attached hydrogens (tertiary/aromatic N) is 1. The molecule has 0 aliphatic carbocycles. The summed E-state index contributed by atoms with van der Waals surface area (Å²) in [5.41, 5.74) is 3.26. The third kappa shape index (κ3) is 3.63. The van der Waals surface area contributed by atoms with Crippen LogP contribution in [0.25, 0.3) is 5.00 Å². The monoisotopic (exact) mass is 374 g/mol. The molecule has 25 heavy (non-hydrogen) atoms. The van der Waals surface area contributed by atoms with Gasteiger partial charge in [0.1, 0.15) is 5.00 Å². The molecule has 1 aromatic carbocycles. The first-order valence-electron chi connectivity index (χ1n) is 7.93. The van der Waals surface area contributed by atoms with Gasteiger partial charge in [0.15, 0.2) is 0 Å². The lowest BCUT2D eigenvalue weighted by molar-refractivity contribution is 0.0696. The van der Waals surface area contributed by atoms with Gasteiger partial charge in [0.05, 0.1) is 5.56 Å². The van der Waals surface area contributed by atoms with Gasteiger partial charge in [-0.3, -0.25) is 0 Å². The molecule has 0 spiro atoms. The Morgan fingerprint density at radius 2 is 1.96 bits per heavy atom. The van der Waals surface area contributed by atoms with Gasteiger partial charge in [0.2, 0.25) is 0 Å². The number of nitrogens with one attached hydrogen (secondary N) is 1. The second-order valence-electron chi connectivity index (χ2n) is 5.83. The molecule has 2 heterocycles. The minimum Gasteiger partial charge on any atom is -0.478 e. The molecule has 0 aliphatic rings. The highest BCUT2D eigenvalue weighted by Gasteiger charge is 2.21. The van der Waals surface area contributed by atoms with Gasteiger partial charge < -0.3 is 15.0 Å². The van der Waals surface area contributed by atoms with Crippen LogP contribution in [0.1, 0.15) is 32.1 Å². The van der Waals surface area contributed by atoms with Gasteiger partial charge >= 0.3 is 5.97 Å². The van der Waals surface area contributed by atoms with E-state index in [9.17, 15) is 9.90 Å². The number of thiophene rings is 1. The van der Waals surface area contributed by atoms with E-state index in [-0.39, 0.29) is 0 Å². The topological polar surface area (TPSA) is 54.3 Å². The molecule has 0 unspecified atom stereocenters. The van der Waals surface area contributed by atoms with E-state index < -0.39 is 5.97 Å². The molecular formula is C19H19ClN2O2S. The second-order valence-corrected chi connectivity index (χ2v) is 7.44. The van der Waals surface area contributed by atoms with Crippen LogP contribution in [0, 0.1) is 13.8 Å². The number of carboxylic acid groups (broad SMARTS) is 1. The van der Waals surface area contributed by atoms with Gasteiger partial charge in [0, 0.05) is 34.9 Å². The summed E-state index contributed by atoms with van der Waals surface area (Å²) < 4.78 is 1.95. The number of halogens is 1. The summed E-state index contributed by atoms with van der Waals surface area (Å²) in [5.74, 6) is -0.888. The van der Waals surface area contributed by atoms with Crippen LogP contribution >= 0.6 is 22.9 Å². The first-order chi connectivity index (χ1) is 12.0. The maximum absolute atomic E-state index is 11.7. The molecule has 3 rings (SSSR count). The van der Waals surface area contributed by atoms with Crippen molar-refractivity contribution in [3.05, 3.63) is 74.9 Å². The number of aromatic carboxylic acids is 1. The fourth-order valence-electron chi connectivity index (χ4n) is 2.76. The molecule has 0 aliphatic heterocycles. The van der Waals surface area contributed by atoms with Crippen LogP contribution in [-0.2, 0) is 13.1 Å². The highest BCUT2D eigenvalue weighted by atomic mass is 35.5. The average Bonchev–Trinajstić information content (AvgIpc) is 3.14. The van der Waals surface area contributed by atoms with Gasteiger partial charge in [0.25, 0.3) is 0 Å². The molecule has 3 aromatic rings. The SMILES string of the molecule is Cc1sc(-n2cccc2CNCc2ccccc2Cl)c(C(=O)O)c1C. The first-order valence-corrected chi connectivity index (χ1v) is 9.12. The molecule has 6 heteroatoms. The molecular weight excluding hydrogens is 356 g/mol. The third-order valence-corrected chi connectivity index (χ3v) is 5.79. The van der Waals surface area contributed by atoms with Crippen LogP contribution in [0.3, 0.4) is 0 Å². The summed E-state index contributed by atoms with van der Waals surface area (Å²) >= 11 is 7.69. The predicted molar refractivity (Wildman–Crippen MR) is 102 cm³/mol. The summed E-state index contributed by atoms with van der Waals surface area (Å²) in [7, 11) is 0. The number of carbonyl (C=O) groups is 1. The van der Waals surface area contributed by atoms with Crippen LogP contribution in [0.2, 0.25) is 5.02 Å². The zero-order valence-electron chi connectivity index (χ0n) is 14.0. The van der Waals surface area contributed by atoms with Crippen LogP contribution in [0.4, 0.5) is 0 Å². The zero-order valence-corrected chi connectivity index (χ0v) is 15.6. The van der Waals surface area contributed by atoms with E-state index in [1.54, 1.807) is 0 Å². The Morgan fingerprint density at radius 1 is 1.20 bits per heavy atom. The van der Waals surface area contributed by atoms with Crippen molar-refractivity contribution in [1.82, 2.24) is 9.88 Å². The van der Waals surface area contributed by atoms with E-state index in [2.05, 4.69) is 5.32 Å². The van der Waals surface area contributed by atoms with E-state index in [1.807, 2.05) is 61.0 Å². The molecule has 0 saturated heterocycles. The van der Waals surface area contributed by atoms with E-state index in [4.69, 9.17) is 11.6 Å². The number of aromatic nitrogens is 1. The van der Waals surface area contributed by atoms with Gasteiger partial charge in [-0.15, -0.1) is 11.3 Å². The van der Waals surface area contributed by atoms with Crippen LogP contribution in [-0.4, -0.2) is 15.6 Å². The lowest BCUT2D eigenvalue weighted by Crippen LogP contribution is -2.16. The van der Waals surface area contributed by atoms with Gasteiger partial charge in [-0.2, -0.15) is 0 Å². The molecule has 130 valence electrons. The highest BCUT2D eigenvalue weighted by molar-refractivity contribution is 7.15. The number of carboxylic acids is 1. The summed E-state index contributed by atoms with van der Waals surface area (Å²) in [6.45, 7) is 5.08. The molecule has 0 atom stereocenters. The molecule has 0 bridgehead atoms. The van der Waals surface area contributed by atoms with Crippen LogP contribution in [0.5, 0.6) is 0 Å². The maximum Gasteiger partial charge on any atom is 0.339 e. The largest absolute Gasteiger partial charge is 0.478 e. The number of hydrogen-bond donors (Lipinski definition) is 2. The lowest BCUT2D eigenvalue weighted by Gasteiger charge is -2.11. The number of hydrogen-bond acceptors (Lipinski definition) is 3. The standard InChI is InChI=1S/C19H19ClN2O2S/c1-12-13(2)25-18(17(12)19(23)24)22-9-5-7-15(22)11-21-10-14-6-3-4-8-16(14)20/h3-9,21H,10-11H2,1-2H3,(H,23,24). The van der Waals surface area contributed by atoms with Crippen molar-refractivity contribution >= 4 is 28.9 Å². The van der Waals surface area contributed by atoms with Crippen LogP contribution < -0.4 is 5.32 Å². The number of rotatable bonds is 6. The van der Waals surface area contributed by atoms with E-state index in [0.717, 1.165) is 31.7 Å². The van der Waals surface area contributed by atoms with Gasteiger partial charge in [-0.25, -0.2) is 4.79 Å². The summed E-state index contributed by atoms with van der Waals surface area (Å²) in [4.78, 5) is 12.7. The number of benzene rings is 1. The quantitative estimate of drug-likeness (QED) is 0.651. The lowest BCUT2D eigenvalue weighted by atomic mass is 10.1. The third-order valence-electron chi connectivity index (χ3n) is 4.21. The van der Waals surface area contributed by atoms with Crippen molar-refractivity contribution in [2.45, 2.75) is 26.9 Å². The molecule has 4 nitrogen and oxygen atoms in total. The normalized spacial score (nSPS) is 11.0. The Bertz CT molecular complexity index is 914. The van der Waals surface area contributed by atoms with Crippen molar-refractivity contribution in [3.8, 4) is 5.00 Å². The van der Waals surface area contributed by atoms with Crippen molar-refractivity contribution < 1.29 is 9.90 Å². The molecule has 2 aromatic heterocycles. The molecule has 0 radical (unpaired) electrons. The highest BCUT2D eigenvalue weighted by Crippen LogP contribution is 2.32. The zero-order chi connectivity index (χ0) is 18.0. The van der Waals surface area contributed by atoms with Crippen molar-refractivity contribution in [3.63, 3.8) is 0 Å². The fraction of sp³-hybridized carbons (Fsp3) is 0.211. The Hall–Kier alpha value is -2.08. The summed E-state index contributed by atoms with van der Waals surface area (Å²) in [6.07, 6.45) is 1.91. The second kappa shape index (κ2) is 7.44. The molecule has 0 saturated carbocycles. The van der Waals surface area contributed by atoms with Crippen molar-refractivity contribution in [1.29, 1.82) is 0 Å². The summed E-state index contributed by atoms with van der Waals surface area (Å²) in [6, 6.07) is 11.7. The van der Waals surface area contributed by atoms with Crippen molar-refractivity contribution in [2.75, 3.05) is 0 Å². The first kappa shape index (κ1) is 17.7. The molecule has 2 N–H and O–H groups in total. The fourth-order valence-corrected chi connectivity index (χ4v) is 4.12. The summed E-state index contributed by atoms with van der Waals surface area (Å²) in [5, 5.41) is 14.4. The van der Waals surface area contributed by atoms with Gasteiger partial charge in [-0.05, 0) is 43.2 Å². The Balaban J connectivity index is 1.81. The maximum atomic E-state index is 11.7.